The average Bonchev–Trinajstić information content (AvgIpc) is 3.35. The smallest absolute Gasteiger partial charge is 0.305 e. The summed E-state index contributed by atoms with van der Waals surface area (Å²) >= 11 is 0. The van der Waals surface area contributed by atoms with E-state index in [0.29, 0.717) is 58.5 Å². The maximum atomic E-state index is 13.2. The summed E-state index contributed by atoms with van der Waals surface area (Å²) in [6.07, 6.45) is 56.6. The first-order valence-corrected chi connectivity index (χ1v) is 29.4. The number of carbonyl (C=O) groups is 4. The quantitative estimate of drug-likeness (QED) is 0.0277. The molecule has 0 heterocycles. The molecule has 1 N–H and O–H groups in total. The van der Waals surface area contributed by atoms with Gasteiger partial charge in [-0.05, 0) is 91.1 Å². The van der Waals surface area contributed by atoms with Gasteiger partial charge in [0.05, 0.1) is 26.4 Å². The third-order valence-electron chi connectivity index (χ3n) is 12.9. The minimum absolute atomic E-state index is 0.198. The Morgan fingerprint density at radius 2 is 0.757 bits per heavy atom. The van der Waals surface area contributed by atoms with E-state index in [2.05, 4.69) is 43.5 Å². The van der Waals surface area contributed by atoms with Crippen LogP contribution < -0.4 is 5.32 Å². The summed E-state index contributed by atoms with van der Waals surface area (Å²) in [6.45, 7) is 7.82. The summed E-state index contributed by atoms with van der Waals surface area (Å²) in [5.74, 6) is -1.08. The van der Waals surface area contributed by atoms with Gasteiger partial charge in [0, 0.05) is 51.2 Å². The molecule has 0 aliphatic heterocycles. The van der Waals surface area contributed by atoms with Crippen LogP contribution >= 0.6 is 0 Å². The van der Waals surface area contributed by atoms with Gasteiger partial charge >= 0.3 is 11.9 Å². The van der Waals surface area contributed by atoms with E-state index in [9.17, 15) is 19.2 Å². The van der Waals surface area contributed by atoms with Crippen molar-refractivity contribution in [3.05, 3.63) is 36.5 Å². The predicted molar refractivity (Wildman–Crippen MR) is 295 cm³/mol. The monoisotopic (exact) mass is 986 g/mol. The van der Waals surface area contributed by atoms with E-state index < -0.39 is 0 Å². The Bertz CT molecular complexity index is 1200. The first-order valence-electron chi connectivity index (χ1n) is 29.4. The maximum Gasteiger partial charge on any atom is 0.305 e. The Labute approximate surface area is 431 Å². The number of likely N-dealkylation sites (N-methyl/N-ethyl adjacent to an activating group) is 1. The largest absolute Gasteiger partial charge is 0.466 e. The number of amides is 2. The van der Waals surface area contributed by atoms with Gasteiger partial charge in [-0.25, -0.2) is 0 Å². The molecule has 70 heavy (non-hydrogen) atoms. The van der Waals surface area contributed by atoms with Crippen LogP contribution in [-0.2, 0) is 33.4 Å². The van der Waals surface area contributed by atoms with Gasteiger partial charge in [0.15, 0.2) is 0 Å². The van der Waals surface area contributed by atoms with Crippen molar-refractivity contribution in [2.24, 2.45) is 0 Å². The summed E-state index contributed by atoms with van der Waals surface area (Å²) in [5, 5.41) is 2.75. The van der Waals surface area contributed by atoms with Crippen LogP contribution in [0, 0.1) is 0 Å². The molecular formula is C60H111N3O7. The summed E-state index contributed by atoms with van der Waals surface area (Å²) in [7, 11) is 3.95. The number of allylic oxidation sites excluding steroid dienone is 4. The van der Waals surface area contributed by atoms with E-state index in [1.807, 2.05) is 19.0 Å². The number of esters is 2. The number of hydrogen-bond donors (Lipinski definition) is 1. The van der Waals surface area contributed by atoms with Crippen molar-refractivity contribution in [3.63, 3.8) is 0 Å². The second-order valence-electron chi connectivity index (χ2n) is 20.0. The molecule has 10 nitrogen and oxygen atoms in total. The molecule has 0 aliphatic carbocycles. The normalized spacial score (nSPS) is 11.7. The van der Waals surface area contributed by atoms with Crippen LogP contribution in [0.2, 0.25) is 0 Å². The van der Waals surface area contributed by atoms with Gasteiger partial charge in [-0.2, -0.15) is 0 Å². The fourth-order valence-corrected chi connectivity index (χ4v) is 8.36. The van der Waals surface area contributed by atoms with Gasteiger partial charge in [0.25, 0.3) is 0 Å². The van der Waals surface area contributed by atoms with Crippen molar-refractivity contribution >= 4 is 23.8 Å². The van der Waals surface area contributed by atoms with Crippen LogP contribution in [0.3, 0.4) is 0 Å². The molecule has 0 fully saturated rings. The average molecular weight is 987 g/mol. The van der Waals surface area contributed by atoms with E-state index in [1.165, 1.54) is 192 Å². The molecule has 0 atom stereocenters. The summed E-state index contributed by atoms with van der Waals surface area (Å²) < 4.78 is 16.5. The molecule has 10 heteroatoms. The third-order valence-corrected chi connectivity index (χ3v) is 12.9. The minimum atomic E-state index is -0.368. The lowest BCUT2D eigenvalue weighted by molar-refractivity contribution is -0.144. The highest BCUT2D eigenvalue weighted by Crippen LogP contribution is 2.15. The van der Waals surface area contributed by atoms with Crippen molar-refractivity contribution < 1.29 is 33.4 Å². The molecule has 0 unspecified atom stereocenters. The first-order chi connectivity index (χ1) is 34.3. The fourth-order valence-electron chi connectivity index (χ4n) is 8.36. The molecule has 0 radical (unpaired) electrons. The van der Waals surface area contributed by atoms with Gasteiger partial charge in [-0.3, -0.25) is 19.2 Å². The highest BCUT2D eigenvalue weighted by molar-refractivity contribution is 5.96. The molecule has 408 valence electrons. The van der Waals surface area contributed by atoms with E-state index in [-0.39, 0.29) is 37.0 Å². The molecule has 0 aromatic rings. The first kappa shape index (κ1) is 67.0. The van der Waals surface area contributed by atoms with Crippen molar-refractivity contribution in [1.29, 1.82) is 0 Å². The van der Waals surface area contributed by atoms with Gasteiger partial charge in [-0.15, -0.1) is 0 Å². The van der Waals surface area contributed by atoms with Gasteiger partial charge in [0.2, 0.25) is 11.8 Å². The molecule has 0 bridgehead atoms. The van der Waals surface area contributed by atoms with Crippen molar-refractivity contribution in [2.75, 3.05) is 66.7 Å². The lowest BCUT2D eigenvalue weighted by atomic mass is 10.1. The van der Waals surface area contributed by atoms with Gasteiger partial charge < -0.3 is 29.3 Å². The molecule has 2 amide bonds. The molecule has 0 saturated carbocycles. The number of unbranched alkanes of at least 4 members (excludes halogenated alkanes) is 30. The zero-order valence-electron chi connectivity index (χ0n) is 46.2. The van der Waals surface area contributed by atoms with Crippen molar-refractivity contribution in [2.45, 2.75) is 258 Å². The van der Waals surface area contributed by atoms with Gasteiger partial charge in [-0.1, -0.05) is 192 Å². The number of carbonyl (C=O) groups excluding carboxylic acids is 4. The van der Waals surface area contributed by atoms with Crippen LogP contribution in [0.15, 0.2) is 36.5 Å². The highest BCUT2D eigenvalue weighted by atomic mass is 16.5. The summed E-state index contributed by atoms with van der Waals surface area (Å²) in [5.41, 5.74) is 0. The van der Waals surface area contributed by atoms with Crippen LogP contribution in [0.25, 0.3) is 0 Å². The number of rotatable bonds is 54. The van der Waals surface area contributed by atoms with Crippen LogP contribution in [0.4, 0.5) is 0 Å². The molecule has 0 saturated heterocycles. The number of hydrogen-bond acceptors (Lipinski definition) is 8. The maximum absolute atomic E-state index is 13.2. The van der Waals surface area contributed by atoms with Crippen LogP contribution in [0.5, 0.6) is 0 Å². The Morgan fingerprint density at radius 3 is 1.13 bits per heavy atom. The van der Waals surface area contributed by atoms with E-state index in [0.717, 1.165) is 45.1 Å². The second-order valence-corrected chi connectivity index (χ2v) is 20.0. The molecule has 0 aromatic carbocycles. The fraction of sp³-hybridized carbons (Fsp3) is 0.833. The molecule has 0 aromatic heterocycles. The Hall–Kier alpha value is -2.98. The standard InChI is InChI=1S/C60H111N3O7/c1-5-7-9-11-13-15-17-19-21-23-25-27-29-31-33-35-37-39-41-45-59(66)69-53-43-50-63(58(65)48-47-57(64)61-49-55-68-56-52-62(3)4)51-44-54-70-60(67)46-42-40-38-36-34-32-30-28-26-24-22-20-18-16-14-12-10-8-6-2/h19-22,47-48H,5-18,23-46,49-56H2,1-4H3,(H,61,64)/b21-19-,22-20-,48-47-. The molecule has 0 rings (SSSR count). The molecule has 0 spiro atoms. The Balaban J connectivity index is 4.28. The molecular weight excluding hydrogens is 875 g/mol. The number of ether oxygens (including phenoxy) is 3. The van der Waals surface area contributed by atoms with E-state index in [4.69, 9.17) is 14.2 Å². The van der Waals surface area contributed by atoms with E-state index >= 15 is 0 Å². The van der Waals surface area contributed by atoms with Crippen LogP contribution in [-0.4, -0.2) is 100 Å². The Kier molecular flexibility index (Phi) is 53.0. The van der Waals surface area contributed by atoms with Crippen molar-refractivity contribution in [1.82, 2.24) is 15.1 Å². The highest BCUT2D eigenvalue weighted by Gasteiger charge is 2.13. The third kappa shape index (κ3) is 52.8. The molecule has 0 aliphatic rings. The Morgan fingerprint density at radius 1 is 0.400 bits per heavy atom. The second kappa shape index (κ2) is 55.3. The number of nitrogens with zero attached hydrogens (tertiary/aromatic N) is 2. The van der Waals surface area contributed by atoms with E-state index in [1.54, 1.807) is 4.90 Å². The summed E-state index contributed by atoms with van der Waals surface area (Å²) in [4.78, 5) is 54.1. The SMILES string of the molecule is CCCCCCCC/C=C\CCCCCCCCCCCC(=O)OCCCN(CCCOC(=O)CCCCCCCCCCC/C=C\CCCCCCCC)C(=O)/C=C\C(=O)NCCOCCN(C)C. The number of nitrogens with one attached hydrogen (secondary N) is 1. The van der Waals surface area contributed by atoms with Gasteiger partial charge in [0.1, 0.15) is 0 Å². The zero-order valence-corrected chi connectivity index (χ0v) is 46.2. The van der Waals surface area contributed by atoms with Crippen LogP contribution in [0.1, 0.15) is 258 Å². The topological polar surface area (TPSA) is 114 Å². The summed E-state index contributed by atoms with van der Waals surface area (Å²) in [6, 6.07) is 0. The lowest BCUT2D eigenvalue weighted by Gasteiger charge is -2.21. The zero-order chi connectivity index (χ0) is 51.1. The lowest BCUT2D eigenvalue weighted by Crippen LogP contribution is -2.33. The predicted octanol–water partition coefficient (Wildman–Crippen LogP) is 15.1. The van der Waals surface area contributed by atoms with Crippen molar-refractivity contribution in [3.8, 4) is 0 Å². The minimum Gasteiger partial charge on any atom is -0.466 e.